The number of hydrogen-bond acceptors (Lipinski definition) is 4. The van der Waals surface area contributed by atoms with Gasteiger partial charge >= 0.3 is 0 Å². The van der Waals surface area contributed by atoms with Gasteiger partial charge in [-0.05, 0) is 37.1 Å². The third kappa shape index (κ3) is 3.03. The van der Waals surface area contributed by atoms with Crippen LogP contribution in [0.15, 0.2) is 42.5 Å². The lowest BCUT2D eigenvalue weighted by atomic mass is 10.0. The molecule has 0 unspecified atom stereocenters. The molecule has 1 N–H and O–H groups in total. The number of nitro benzene ring substituents is 1. The highest BCUT2D eigenvalue weighted by molar-refractivity contribution is 5.51. The van der Waals surface area contributed by atoms with Crippen molar-refractivity contribution in [2.24, 2.45) is 0 Å². The molecule has 0 amide bonds. The Morgan fingerprint density at radius 3 is 2.86 bits per heavy atom. The predicted octanol–water partition coefficient (Wildman–Crippen LogP) is 3.92. The first kappa shape index (κ1) is 14.4. The van der Waals surface area contributed by atoms with E-state index in [-0.39, 0.29) is 16.2 Å². The van der Waals surface area contributed by atoms with Crippen molar-refractivity contribution in [2.75, 3.05) is 5.32 Å². The number of non-ortho nitro benzene ring substituents is 1. The molecule has 0 atom stereocenters. The predicted molar refractivity (Wildman–Crippen MR) is 85.3 cm³/mol. The van der Waals surface area contributed by atoms with E-state index in [0.717, 1.165) is 23.4 Å². The molecular weight excluding hydrogens is 280 g/mol. The fraction of sp³-hybridized carbons (Fsp3) is 0.294. The molecule has 2 aromatic carbocycles. The van der Waals surface area contributed by atoms with Gasteiger partial charge in [0.05, 0.1) is 4.92 Å². The van der Waals surface area contributed by atoms with E-state index >= 15 is 0 Å². The van der Waals surface area contributed by atoms with Crippen molar-refractivity contribution in [1.29, 1.82) is 0 Å². The topological polar surface area (TPSA) is 64.4 Å². The van der Waals surface area contributed by atoms with Crippen LogP contribution < -0.4 is 10.1 Å². The molecule has 0 saturated heterocycles. The summed E-state index contributed by atoms with van der Waals surface area (Å²) in [5.41, 5.74) is 3.03. The lowest BCUT2D eigenvalue weighted by Gasteiger charge is -2.16. The van der Waals surface area contributed by atoms with Crippen molar-refractivity contribution in [3.63, 3.8) is 0 Å². The normalized spacial score (nSPS) is 15.0. The van der Waals surface area contributed by atoms with Crippen molar-refractivity contribution in [2.45, 2.75) is 32.4 Å². The summed E-state index contributed by atoms with van der Waals surface area (Å²) in [6, 6.07) is 12.7. The molecule has 0 aliphatic carbocycles. The third-order valence-electron chi connectivity index (χ3n) is 3.68. The lowest BCUT2D eigenvalue weighted by molar-refractivity contribution is -0.384. The van der Waals surface area contributed by atoms with E-state index in [1.807, 2.05) is 18.2 Å². The number of nitrogens with zero attached hydrogens (tertiary/aromatic N) is 1. The fourth-order valence-corrected chi connectivity index (χ4v) is 2.71. The SMILES string of the molecule is CC1(C)Cc2cc(CNc3cccc([N+](=O)[O-])c3)ccc2O1. The largest absolute Gasteiger partial charge is 0.487 e. The van der Waals surface area contributed by atoms with Gasteiger partial charge in [-0.3, -0.25) is 10.1 Å². The van der Waals surface area contributed by atoms with E-state index < -0.39 is 0 Å². The van der Waals surface area contributed by atoms with Crippen LogP contribution in [0.25, 0.3) is 0 Å². The zero-order chi connectivity index (χ0) is 15.7. The first-order valence-electron chi connectivity index (χ1n) is 7.22. The Balaban J connectivity index is 1.70. The Kier molecular flexibility index (Phi) is 3.48. The molecule has 1 aliphatic heterocycles. The number of nitrogens with one attached hydrogen (secondary N) is 1. The second-order valence-electron chi connectivity index (χ2n) is 6.14. The average molecular weight is 298 g/mol. The van der Waals surface area contributed by atoms with E-state index in [1.165, 1.54) is 11.6 Å². The monoisotopic (exact) mass is 298 g/mol. The first-order chi connectivity index (χ1) is 10.4. The molecule has 0 aromatic heterocycles. The zero-order valence-corrected chi connectivity index (χ0v) is 12.6. The third-order valence-corrected chi connectivity index (χ3v) is 3.68. The van der Waals surface area contributed by atoms with Gasteiger partial charge in [0, 0.05) is 30.8 Å². The molecule has 0 saturated carbocycles. The van der Waals surface area contributed by atoms with E-state index in [0.29, 0.717) is 6.54 Å². The summed E-state index contributed by atoms with van der Waals surface area (Å²) in [6.45, 7) is 4.77. The van der Waals surface area contributed by atoms with Crippen molar-refractivity contribution < 1.29 is 9.66 Å². The maximum absolute atomic E-state index is 10.8. The quantitative estimate of drug-likeness (QED) is 0.686. The van der Waals surface area contributed by atoms with Crippen LogP contribution in [0.3, 0.4) is 0 Å². The Hall–Kier alpha value is -2.56. The Morgan fingerprint density at radius 2 is 2.09 bits per heavy atom. The summed E-state index contributed by atoms with van der Waals surface area (Å²) >= 11 is 0. The standard InChI is InChI=1S/C17H18N2O3/c1-17(2)10-13-8-12(6-7-16(13)22-17)11-18-14-4-3-5-15(9-14)19(20)21/h3-9,18H,10-11H2,1-2H3. The first-order valence-corrected chi connectivity index (χ1v) is 7.22. The summed E-state index contributed by atoms with van der Waals surface area (Å²) in [5.74, 6) is 0.948. The highest BCUT2D eigenvalue weighted by atomic mass is 16.6. The number of anilines is 1. The van der Waals surface area contributed by atoms with Gasteiger partial charge in [-0.2, -0.15) is 0 Å². The van der Waals surface area contributed by atoms with Crippen LogP contribution in [0.1, 0.15) is 25.0 Å². The van der Waals surface area contributed by atoms with Crippen LogP contribution >= 0.6 is 0 Å². The van der Waals surface area contributed by atoms with Gasteiger partial charge in [-0.25, -0.2) is 0 Å². The molecule has 5 nitrogen and oxygen atoms in total. The molecule has 0 fully saturated rings. The van der Waals surface area contributed by atoms with Crippen molar-refractivity contribution >= 4 is 11.4 Å². The molecule has 0 bridgehead atoms. The molecule has 0 spiro atoms. The molecule has 5 heteroatoms. The smallest absolute Gasteiger partial charge is 0.271 e. The second-order valence-corrected chi connectivity index (χ2v) is 6.14. The van der Waals surface area contributed by atoms with E-state index in [9.17, 15) is 10.1 Å². The molecule has 22 heavy (non-hydrogen) atoms. The highest BCUT2D eigenvalue weighted by Crippen LogP contribution is 2.35. The minimum absolute atomic E-state index is 0.0918. The van der Waals surface area contributed by atoms with Gasteiger partial charge in [0.1, 0.15) is 11.4 Å². The summed E-state index contributed by atoms with van der Waals surface area (Å²) < 4.78 is 5.86. The van der Waals surface area contributed by atoms with Gasteiger partial charge in [0.25, 0.3) is 5.69 Å². The molecule has 1 aliphatic rings. The minimum atomic E-state index is -0.389. The molecule has 114 valence electrons. The molecule has 1 heterocycles. The summed E-state index contributed by atoms with van der Waals surface area (Å²) in [7, 11) is 0. The van der Waals surface area contributed by atoms with Crippen LogP contribution in [0, 0.1) is 10.1 Å². The zero-order valence-electron chi connectivity index (χ0n) is 12.6. The number of fused-ring (bicyclic) bond motifs is 1. The van der Waals surface area contributed by atoms with E-state index in [4.69, 9.17) is 4.74 Å². The van der Waals surface area contributed by atoms with E-state index in [1.54, 1.807) is 12.1 Å². The molecule has 0 radical (unpaired) electrons. The minimum Gasteiger partial charge on any atom is -0.487 e. The maximum Gasteiger partial charge on any atom is 0.271 e. The van der Waals surface area contributed by atoms with Gasteiger partial charge in [-0.15, -0.1) is 0 Å². The molecule has 2 aromatic rings. The van der Waals surface area contributed by atoms with Crippen LogP contribution in [0.4, 0.5) is 11.4 Å². The second kappa shape index (κ2) is 5.33. The highest BCUT2D eigenvalue weighted by Gasteiger charge is 2.29. The van der Waals surface area contributed by atoms with Crippen molar-refractivity contribution in [3.8, 4) is 5.75 Å². The molecule has 3 rings (SSSR count). The summed E-state index contributed by atoms with van der Waals surface area (Å²) in [4.78, 5) is 10.4. The average Bonchev–Trinajstić information content (AvgIpc) is 2.78. The van der Waals surface area contributed by atoms with Crippen LogP contribution in [-0.4, -0.2) is 10.5 Å². The van der Waals surface area contributed by atoms with Crippen molar-refractivity contribution in [3.05, 3.63) is 63.7 Å². The lowest BCUT2D eigenvalue weighted by Crippen LogP contribution is -2.24. The van der Waals surface area contributed by atoms with Crippen LogP contribution in [-0.2, 0) is 13.0 Å². The maximum atomic E-state index is 10.8. The number of ether oxygens (including phenoxy) is 1. The van der Waals surface area contributed by atoms with Gasteiger partial charge in [-0.1, -0.05) is 18.2 Å². The summed E-state index contributed by atoms with van der Waals surface area (Å²) in [6.07, 6.45) is 0.896. The van der Waals surface area contributed by atoms with Gasteiger partial charge in [0.2, 0.25) is 0 Å². The Morgan fingerprint density at radius 1 is 1.27 bits per heavy atom. The Labute approximate surface area is 129 Å². The number of benzene rings is 2. The number of rotatable bonds is 4. The number of hydrogen-bond donors (Lipinski definition) is 1. The number of nitro groups is 1. The summed E-state index contributed by atoms with van der Waals surface area (Å²) in [5, 5.41) is 14.0. The molecular formula is C17H18N2O3. The van der Waals surface area contributed by atoms with Gasteiger partial charge < -0.3 is 10.1 Å². The fourth-order valence-electron chi connectivity index (χ4n) is 2.71. The Bertz CT molecular complexity index is 726. The van der Waals surface area contributed by atoms with Crippen LogP contribution in [0.2, 0.25) is 0 Å². The van der Waals surface area contributed by atoms with Crippen molar-refractivity contribution in [1.82, 2.24) is 0 Å². The van der Waals surface area contributed by atoms with Gasteiger partial charge in [0.15, 0.2) is 0 Å². The van der Waals surface area contributed by atoms with Crippen LogP contribution in [0.5, 0.6) is 5.75 Å². The van der Waals surface area contributed by atoms with E-state index in [2.05, 4.69) is 25.2 Å².